The van der Waals surface area contributed by atoms with Crippen LogP contribution in [0.2, 0.25) is 0 Å². The van der Waals surface area contributed by atoms with E-state index < -0.39 is 0 Å². The van der Waals surface area contributed by atoms with Gasteiger partial charge in [0, 0.05) is 24.8 Å². The average molecular weight is 396 g/mol. The third-order valence-corrected chi connectivity index (χ3v) is 5.48. The molecule has 1 atom stereocenters. The topological polar surface area (TPSA) is 45.7 Å². The van der Waals surface area contributed by atoms with Crippen LogP contribution in [0, 0.1) is 0 Å². The molecule has 0 unspecified atom stereocenters. The van der Waals surface area contributed by atoms with Gasteiger partial charge in [0.05, 0.1) is 6.04 Å². The fourth-order valence-electron chi connectivity index (χ4n) is 4.17. The van der Waals surface area contributed by atoms with E-state index in [1.807, 2.05) is 41.4 Å². The highest BCUT2D eigenvalue weighted by Crippen LogP contribution is 2.32. The van der Waals surface area contributed by atoms with Crippen molar-refractivity contribution in [2.75, 3.05) is 11.4 Å². The number of rotatable bonds is 6. The van der Waals surface area contributed by atoms with Crippen LogP contribution in [0.4, 0.5) is 10.6 Å². The largest absolute Gasteiger partial charge is 0.445 e. The number of hydrogen-bond donors (Lipinski definition) is 0. The van der Waals surface area contributed by atoms with Crippen LogP contribution < -0.4 is 4.90 Å². The van der Waals surface area contributed by atoms with Crippen LogP contribution >= 0.6 is 0 Å². The van der Waals surface area contributed by atoms with Crippen molar-refractivity contribution >= 4 is 11.9 Å². The molecule has 5 nitrogen and oxygen atoms in total. The molecule has 1 aromatic heterocycles. The predicted molar refractivity (Wildman–Crippen MR) is 117 cm³/mol. The SMILES string of the molecule is CC(C)N(c1ccc([C@@H]2CCCCN2C(=O)OCc2ccccc2)cn1)C(C)C. The summed E-state index contributed by atoms with van der Waals surface area (Å²) < 4.78 is 5.60. The number of hydrogen-bond acceptors (Lipinski definition) is 4. The van der Waals surface area contributed by atoms with Crippen molar-refractivity contribution in [3.63, 3.8) is 0 Å². The number of nitrogens with zero attached hydrogens (tertiary/aromatic N) is 3. The van der Waals surface area contributed by atoms with Gasteiger partial charge in [-0.25, -0.2) is 9.78 Å². The maximum Gasteiger partial charge on any atom is 0.410 e. The van der Waals surface area contributed by atoms with Crippen LogP contribution in [0.15, 0.2) is 48.7 Å². The molecule has 1 amide bonds. The Morgan fingerprint density at radius 3 is 2.45 bits per heavy atom. The van der Waals surface area contributed by atoms with E-state index in [1.54, 1.807) is 0 Å². The van der Waals surface area contributed by atoms with E-state index in [-0.39, 0.29) is 12.1 Å². The first-order chi connectivity index (χ1) is 14.0. The number of carbonyl (C=O) groups excluding carboxylic acids is 1. The lowest BCUT2D eigenvalue weighted by Gasteiger charge is -2.36. The maximum atomic E-state index is 12.8. The molecule has 0 saturated carbocycles. The zero-order valence-electron chi connectivity index (χ0n) is 18.0. The Balaban J connectivity index is 1.71. The summed E-state index contributed by atoms with van der Waals surface area (Å²) in [5.41, 5.74) is 2.08. The summed E-state index contributed by atoms with van der Waals surface area (Å²) >= 11 is 0. The Morgan fingerprint density at radius 2 is 1.83 bits per heavy atom. The molecule has 0 bridgehead atoms. The van der Waals surface area contributed by atoms with Crippen molar-refractivity contribution < 1.29 is 9.53 Å². The second-order valence-electron chi connectivity index (χ2n) is 8.29. The fraction of sp³-hybridized carbons (Fsp3) is 0.500. The van der Waals surface area contributed by atoms with Gasteiger partial charge < -0.3 is 14.5 Å². The molecule has 3 rings (SSSR count). The minimum atomic E-state index is -0.242. The Labute approximate surface area is 174 Å². The number of pyridine rings is 1. The molecule has 1 fully saturated rings. The van der Waals surface area contributed by atoms with Crippen molar-refractivity contribution in [1.82, 2.24) is 9.88 Å². The van der Waals surface area contributed by atoms with Crippen LogP contribution in [-0.2, 0) is 11.3 Å². The van der Waals surface area contributed by atoms with Crippen LogP contribution in [0.5, 0.6) is 0 Å². The molecule has 5 heteroatoms. The average Bonchev–Trinajstić information content (AvgIpc) is 2.73. The quantitative estimate of drug-likeness (QED) is 0.641. The summed E-state index contributed by atoms with van der Waals surface area (Å²) in [5, 5.41) is 0. The minimum Gasteiger partial charge on any atom is -0.445 e. The van der Waals surface area contributed by atoms with Crippen LogP contribution in [0.3, 0.4) is 0 Å². The van der Waals surface area contributed by atoms with Crippen molar-refractivity contribution in [2.45, 2.75) is 71.7 Å². The van der Waals surface area contributed by atoms with Gasteiger partial charge in [0.25, 0.3) is 0 Å². The van der Waals surface area contributed by atoms with E-state index in [2.05, 4.69) is 44.7 Å². The van der Waals surface area contributed by atoms with E-state index in [4.69, 9.17) is 9.72 Å². The Kier molecular flexibility index (Phi) is 7.13. The van der Waals surface area contributed by atoms with Gasteiger partial charge in [0.15, 0.2) is 0 Å². The molecule has 2 aromatic rings. The predicted octanol–water partition coefficient (Wildman–Crippen LogP) is 5.57. The van der Waals surface area contributed by atoms with E-state index in [0.717, 1.165) is 42.8 Å². The van der Waals surface area contributed by atoms with Crippen LogP contribution in [-0.4, -0.2) is 34.6 Å². The lowest BCUT2D eigenvalue weighted by Crippen LogP contribution is -2.39. The molecule has 1 aliphatic rings. The number of aromatic nitrogens is 1. The summed E-state index contributed by atoms with van der Waals surface area (Å²) in [7, 11) is 0. The van der Waals surface area contributed by atoms with Gasteiger partial charge in [-0.1, -0.05) is 36.4 Å². The van der Waals surface area contributed by atoms with Crippen molar-refractivity contribution in [3.8, 4) is 0 Å². The molecule has 1 aromatic carbocycles. The lowest BCUT2D eigenvalue weighted by molar-refractivity contribution is 0.0678. The Hall–Kier alpha value is -2.56. The third-order valence-electron chi connectivity index (χ3n) is 5.48. The fourth-order valence-corrected chi connectivity index (χ4v) is 4.17. The van der Waals surface area contributed by atoms with E-state index in [1.165, 1.54) is 0 Å². The highest BCUT2D eigenvalue weighted by Gasteiger charge is 2.29. The van der Waals surface area contributed by atoms with Gasteiger partial charge in [0.2, 0.25) is 0 Å². The number of piperidine rings is 1. The van der Waals surface area contributed by atoms with Gasteiger partial charge in [-0.05, 0) is 64.2 Å². The smallest absolute Gasteiger partial charge is 0.410 e. The molecule has 2 heterocycles. The molecule has 0 radical (unpaired) electrons. The molecular weight excluding hydrogens is 362 g/mol. The Morgan fingerprint density at radius 1 is 1.10 bits per heavy atom. The lowest BCUT2D eigenvalue weighted by atomic mass is 9.97. The Bertz CT molecular complexity index is 766. The number of benzene rings is 1. The van der Waals surface area contributed by atoms with Crippen molar-refractivity contribution in [2.24, 2.45) is 0 Å². The number of carbonyl (C=O) groups is 1. The van der Waals surface area contributed by atoms with E-state index in [9.17, 15) is 4.79 Å². The third kappa shape index (κ3) is 5.28. The minimum absolute atomic E-state index is 0.0279. The first kappa shape index (κ1) is 21.2. The second-order valence-corrected chi connectivity index (χ2v) is 8.29. The zero-order valence-corrected chi connectivity index (χ0v) is 18.0. The van der Waals surface area contributed by atoms with Gasteiger partial charge in [0.1, 0.15) is 12.4 Å². The van der Waals surface area contributed by atoms with Gasteiger partial charge >= 0.3 is 6.09 Å². The normalized spacial score (nSPS) is 16.9. The van der Waals surface area contributed by atoms with Crippen molar-refractivity contribution in [1.29, 1.82) is 0 Å². The zero-order chi connectivity index (χ0) is 20.8. The summed E-state index contributed by atoms with van der Waals surface area (Å²) in [5.74, 6) is 0.979. The first-order valence-electron chi connectivity index (χ1n) is 10.7. The molecule has 1 saturated heterocycles. The molecular formula is C24H33N3O2. The second kappa shape index (κ2) is 9.77. The molecule has 0 spiro atoms. The monoisotopic (exact) mass is 395 g/mol. The standard InChI is InChI=1S/C24H33N3O2/c1-18(2)27(19(3)4)23-14-13-21(16-25-23)22-12-8-9-15-26(22)24(28)29-17-20-10-6-5-7-11-20/h5-7,10-11,13-14,16,18-19,22H,8-9,12,15,17H2,1-4H3/t22-/m0/s1. The number of ether oxygens (including phenoxy) is 1. The summed E-state index contributed by atoms with van der Waals surface area (Å²) in [6.07, 6.45) is 4.75. The number of amides is 1. The van der Waals surface area contributed by atoms with Crippen LogP contribution in [0.1, 0.15) is 64.1 Å². The molecule has 0 aliphatic carbocycles. The molecule has 156 valence electrons. The summed E-state index contributed by atoms with van der Waals surface area (Å²) in [6.45, 7) is 9.76. The van der Waals surface area contributed by atoms with Gasteiger partial charge in [-0.3, -0.25) is 0 Å². The van der Waals surface area contributed by atoms with E-state index >= 15 is 0 Å². The molecule has 0 N–H and O–H groups in total. The van der Waals surface area contributed by atoms with Crippen LogP contribution in [0.25, 0.3) is 0 Å². The number of likely N-dealkylation sites (tertiary alicyclic amines) is 1. The first-order valence-corrected chi connectivity index (χ1v) is 10.7. The van der Waals surface area contributed by atoms with Gasteiger partial charge in [-0.2, -0.15) is 0 Å². The molecule has 29 heavy (non-hydrogen) atoms. The number of anilines is 1. The maximum absolute atomic E-state index is 12.8. The van der Waals surface area contributed by atoms with Crippen molar-refractivity contribution in [3.05, 3.63) is 59.8 Å². The van der Waals surface area contributed by atoms with Gasteiger partial charge in [-0.15, -0.1) is 0 Å². The molecule has 1 aliphatic heterocycles. The highest BCUT2D eigenvalue weighted by molar-refractivity contribution is 5.68. The van der Waals surface area contributed by atoms with E-state index in [0.29, 0.717) is 18.7 Å². The highest BCUT2D eigenvalue weighted by atomic mass is 16.6. The summed E-state index contributed by atoms with van der Waals surface area (Å²) in [6, 6.07) is 14.8. The summed E-state index contributed by atoms with van der Waals surface area (Å²) in [4.78, 5) is 21.7.